The zero-order chi connectivity index (χ0) is 49.2. The Balaban J connectivity index is 1.07. The summed E-state index contributed by atoms with van der Waals surface area (Å²) in [6.07, 6.45) is 0. The van der Waals surface area contributed by atoms with Crippen molar-refractivity contribution in [2.75, 3.05) is 0 Å². The van der Waals surface area contributed by atoms with Crippen molar-refractivity contribution < 1.29 is 16.4 Å². The van der Waals surface area contributed by atoms with E-state index in [0.29, 0.717) is 16.7 Å². The molecule has 0 unspecified atom stereocenters. The van der Waals surface area contributed by atoms with Crippen LogP contribution in [0.5, 0.6) is 0 Å². The van der Waals surface area contributed by atoms with Gasteiger partial charge in [0.1, 0.15) is 0 Å². The number of benzene rings is 12. The molecule has 0 spiro atoms. The minimum atomic E-state index is -3.39. The normalized spacial score (nSPS) is 16.7. The zero-order valence-corrected chi connectivity index (χ0v) is 31.5. The maximum atomic E-state index is 10.0. The molecule has 59 heavy (non-hydrogen) atoms. The Labute approximate surface area is 360 Å². The molecule has 12 aromatic rings. The molecule has 0 fully saturated rings. The fraction of sp³-hybridized carbons (Fsp3) is 0.0508. The van der Waals surface area contributed by atoms with Gasteiger partial charge in [0, 0.05) is 13.6 Å². The molecule has 0 aliphatic heterocycles. The summed E-state index contributed by atoms with van der Waals surface area (Å²) in [5.41, 5.74) is 0.672. The van der Waals surface area contributed by atoms with E-state index in [0.717, 1.165) is 71.4 Å². The molecule has 0 nitrogen and oxygen atoms in total. The third-order valence-electron chi connectivity index (χ3n) is 12.7. The molecule has 1 aliphatic rings. The SMILES string of the molecule is [2H]c1cc2c(c([2H])c1[2H])-c1c([2H])c([2H])c(-c3cc(-c4ccc(-c5ccc6ccc7cccc8ccc5c6c78)cc4)cc(-c4ccc5ccc6cccc7ccc4c5c67)c3)c([2H])c1C2(C([2H])([2H])[2H])C([2H])([2H])[2H]. The summed E-state index contributed by atoms with van der Waals surface area (Å²) in [5.74, 6) is 0. The summed E-state index contributed by atoms with van der Waals surface area (Å²) in [6.45, 7) is -6.79. The van der Waals surface area contributed by atoms with Crippen molar-refractivity contribution >= 4 is 64.6 Å². The van der Waals surface area contributed by atoms with E-state index >= 15 is 0 Å². The minimum Gasteiger partial charge on any atom is -0.0619 e. The molecule has 0 atom stereocenters. The van der Waals surface area contributed by atoms with Crippen molar-refractivity contribution in [3.63, 3.8) is 0 Å². The minimum absolute atomic E-state index is 0.144. The van der Waals surface area contributed by atoms with E-state index in [2.05, 4.69) is 109 Å². The molecule has 0 saturated heterocycles. The highest BCUT2D eigenvalue weighted by molar-refractivity contribution is 6.26. The first kappa shape index (κ1) is 23.2. The van der Waals surface area contributed by atoms with Gasteiger partial charge in [0.25, 0.3) is 0 Å². The number of hydrogen-bond donors (Lipinski definition) is 0. The van der Waals surface area contributed by atoms with Crippen LogP contribution in [0.1, 0.15) is 41.3 Å². The first-order chi connectivity index (χ1) is 34.0. The summed E-state index contributed by atoms with van der Waals surface area (Å²) in [7, 11) is 0. The molecule has 0 heterocycles. The second-order valence-corrected chi connectivity index (χ2v) is 15.9. The maximum Gasteiger partial charge on any atom is 0.0633 e. The van der Waals surface area contributed by atoms with E-state index in [9.17, 15) is 4.11 Å². The molecule has 0 aromatic heterocycles. The van der Waals surface area contributed by atoms with Gasteiger partial charge in [-0.15, -0.1) is 0 Å². The van der Waals surface area contributed by atoms with E-state index in [4.69, 9.17) is 12.3 Å². The molecule has 12 aromatic carbocycles. The van der Waals surface area contributed by atoms with Gasteiger partial charge in [0.05, 0.1) is 8.22 Å². The van der Waals surface area contributed by atoms with Crippen molar-refractivity contribution in [3.05, 3.63) is 205 Å². The van der Waals surface area contributed by atoms with E-state index < -0.39 is 66.5 Å². The Kier molecular flexibility index (Phi) is 4.67. The van der Waals surface area contributed by atoms with Gasteiger partial charge in [0.15, 0.2) is 0 Å². The third-order valence-corrected chi connectivity index (χ3v) is 12.7. The first-order valence-electron chi connectivity index (χ1n) is 25.8. The van der Waals surface area contributed by atoms with Crippen LogP contribution in [0, 0.1) is 0 Å². The Hall–Kier alpha value is -7.28. The van der Waals surface area contributed by atoms with Gasteiger partial charge in [-0.05, 0) is 156 Å². The van der Waals surface area contributed by atoms with Crippen LogP contribution in [-0.4, -0.2) is 0 Å². The van der Waals surface area contributed by atoms with Crippen LogP contribution in [0.15, 0.2) is 194 Å². The van der Waals surface area contributed by atoms with Gasteiger partial charge in [-0.2, -0.15) is 0 Å². The molecule has 0 N–H and O–H groups in total. The predicted molar refractivity (Wildman–Crippen MR) is 253 cm³/mol. The maximum absolute atomic E-state index is 10.0. The lowest BCUT2D eigenvalue weighted by molar-refractivity contribution is 0.660. The molecule has 1 aliphatic carbocycles. The summed E-state index contributed by atoms with van der Waals surface area (Å²) in [6, 6.07) is 49.6. The highest BCUT2D eigenvalue weighted by Gasteiger charge is 2.35. The van der Waals surface area contributed by atoms with Gasteiger partial charge in [-0.25, -0.2) is 0 Å². The predicted octanol–water partition coefficient (Wildman–Crippen LogP) is 16.5. The second kappa shape index (κ2) is 11.9. The van der Waals surface area contributed by atoms with Gasteiger partial charge < -0.3 is 0 Å². The highest BCUT2D eigenvalue weighted by Crippen LogP contribution is 2.50. The lowest BCUT2D eigenvalue weighted by Crippen LogP contribution is -2.14. The number of fused-ring (bicyclic) bond motifs is 3. The smallest absolute Gasteiger partial charge is 0.0619 e. The molecular weight excluding hydrogens is 709 g/mol. The van der Waals surface area contributed by atoms with Crippen LogP contribution in [0.2, 0.25) is 0 Å². The lowest BCUT2D eigenvalue weighted by atomic mass is 9.81. The van der Waals surface area contributed by atoms with Gasteiger partial charge >= 0.3 is 0 Å². The van der Waals surface area contributed by atoms with Crippen LogP contribution in [-0.2, 0) is 5.41 Å². The first-order valence-corrected chi connectivity index (χ1v) is 19.8. The van der Waals surface area contributed by atoms with Crippen LogP contribution in [0.25, 0.3) is 120 Å². The Morgan fingerprint density at radius 2 is 0.847 bits per heavy atom. The topological polar surface area (TPSA) is 0 Å². The fourth-order valence-electron chi connectivity index (χ4n) is 9.90. The van der Waals surface area contributed by atoms with Crippen LogP contribution in [0.3, 0.4) is 0 Å². The van der Waals surface area contributed by atoms with Crippen LogP contribution < -0.4 is 0 Å². The van der Waals surface area contributed by atoms with Crippen LogP contribution in [0.4, 0.5) is 0 Å². The van der Waals surface area contributed by atoms with Crippen molar-refractivity contribution in [1.29, 1.82) is 0 Å². The fourth-order valence-corrected chi connectivity index (χ4v) is 9.90. The summed E-state index contributed by atoms with van der Waals surface area (Å²) in [4.78, 5) is 0. The Morgan fingerprint density at radius 3 is 1.46 bits per heavy atom. The molecule has 0 saturated carbocycles. The van der Waals surface area contributed by atoms with Crippen molar-refractivity contribution in [1.82, 2.24) is 0 Å². The summed E-state index contributed by atoms with van der Waals surface area (Å²) >= 11 is 0. The molecule has 0 heteroatoms. The Morgan fingerprint density at radius 1 is 0.356 bits per heavy atom. The quantitative estimate of drug-likeness (QED) is 0.157. The van der Waals surface area contributed by atoms with Crippen LogP contribution >= 0.6 is 0 Å². The Bertz CT molecular complexity index is 4220. The number of hydrogen-bond acceptors (Lipinski definition) is 0. The molecule has 0 bridgehead atoms. The second-order valence-electron chi connectivity index (χ2n) is 15.9. The summed E-state index contributed by atoms with van der Waals surface area (Å²) < 4.78 is 109. The standard InChI is InChI=1S/C59H38/c1-59(2)53-12-4-3-11-49(53)50-28-25-43(34-54(50)59)45-31-44(32-46(33-45)48-27-22-42-20-18-38-8-6-10-40-24-30-52(48)58(42)56(38)40)35-13-15-36(16-14-35)47-26-21-41-19-17-37-7-5-9-39-23-29-51(47)57(41)55(37)39/h3-34H,1-2H3/i1D3,2D3,3D,4D,11D,25D,28D,34D. The largest absolute Gasteiger partial charge is 0.0633 e. The zero-order valence-electron chi connectivity index (χ0n) is 43.5. The molecule has 13 rings (SSSR count). The molecule has 0 radical (unpaired) electrons. The van der Waals surface area contributed by atoms with E-state index in [1.165, 1.54) is 21.5 Å². The van der Waals surface area contributed by atoms with Crippen molar-refractivity contribution in [3.8, 4) is 55.6 Å². The van der Waals surface area contributed by atoms with E-state index in [1.54, 1.807) is 6.07 Å². The molecular formula is C59H38. The van der Waals surface area contributed by atoms with Crippen molar-refractivity contribution in [2.45, 2.75) is 19.1 Å². The third kappa shape index (κ3) is 4.66. The van der Waals surface area contributed by atoms with Crippen molar-refractivity contribution in [2.24, 2.45) is 0 Å². The average molecular weight is 759 g/mol. The van der Waals surface area contributed by atoms with E-state index in [1.807, 2.05) is 36.4 Å². The summed E-state index contributed by atoms with van der Waals surface area (Å²) in [5, 5.41) is 13.5. The van der Waals surface area contributed by atoms with Gasteiger partial charge in [-0.3, -0.25) is 0 Å². The lowest BCUT2D eigenvalue weighted by Gasteiger charge is -2.22. The number of rotatable bonds is 4. The van der Waals surface area contributed by atoms with E-state index in [-0.39, 0.29) is 16.7 Å². The highest BCUT2D eigenvalue weighted by atomic mass is 14.4. The van der Waals surface area contributed by atoms with Gasteiger partial charge in [-0.1, -0.05) is 183 Å². The molecule has 0 amide bonds. The molecule has 274 valence electrons. The monoisotopic (exact) mass is 758 g/mol. The average Bonchev–Trinajstić information content (AvgIpc) is 3.69. The van der Waals surface area contributed by atoms with Gasteiger partial charge in [0.2, 0.25) is 0 Å².